The van der Waals surface area contributed by atoms with E-state index in [1.807, 2.05) is 0 Å². The van der Waals surface area contributed by atoms with Crippen molar-refractivity contribution < 1.29 is 19.4 Å². The largest absolute Gasteiger partial charge is 0.548 e. The smallest absolute Gasteiger partial charge is 0.246 e. The molecule has 5 nitrogen and oxygen atoms in total. The van der Waals surface area contributed by atoms with Gasteiger partial charge in [-0.05, 0) is 12.3 Å². The Balaban J connectivity index is 3.62. The molecular weight excluding hydrogens is 222 g/mol. The van der Waals surface area contributed by atoms with Gasteiger partial charge in [-0.3, -0.25) is 4.79 Å². The molecule has 0 aromatic carbocycles. The molecule has 0 saturated heterocycles. The number of carboxylic acid groups (broad SMARTS) is 1. The monoisotopic (exact) mass is 244 g/mol. The highest BCUT2D eigenvalue weighted by atomic mass is 16.5. The third-order valence-corrected chi connectivity index (χ3v) is 2.58. The van der Waals surface area contributed by atoms with E-state index in [1.165, 1.54) is 0 Å². The molecule has 100 valence electrons. The first kappa shape index (κ1) is 15.9. The Morgan fingerprint density at radius 2 is 2.00 bits per heavy atom. The van der Waals surface area contributed by atoms with Gasteiger partial charge in [0.25, 0.3) is 0 Å². The second-order valence-corrected chi connectivity index (χ2v) is 4.09. The lowest BCUT2D eigenvalue weighted by atomic mass is 9.99. The van der Waals surface area contributed by atoms with Crippen molar-refractivity contribution in [2.45, 2.75) is 39.5 Å². The van der Waals surface area contributed by atoms with Crippen LogP contribution < -0.4 is 10.4 Å². The maximum atomic E-state index is 11.3. The summed E-state index contributed by atoms with van der Waals surface area (Å²) in [5.41, 5.74) is 0. The number of ether oxygens (including phenoxy) is 1. The van der Waals surface area contributed by atoms with E-state index in [-0.39, 0.29) is 12.5 Å². The van der Waals surface area contributed by atoms with Gasteiger partial charge in [0, 0.05) is 6.54 Å². The molecule has 0 bridgehead atoms. The number of amides is 1. The van der Waals surface area contributed by atoms with E-state index in [2.05, 4.69) is 23.9 Å². The van der Waals surface area contributed by atoms with Crippen LogP contribution in [-0.4, -0.2) is 31.6 Å². The summed E-state index contributed by atoms with van der Waals surface area (Å²) in [6.07, 6.45) is 4.45. The van der Waals surface area contributed by atoms with Gasteiger partial charge in [-0.15, -0.1) is 0 Å². The van der Waals surface area contributed by atoms with Crippen molar-refractivity contribution in [2.24, 2.45) is 5.92 Å². The highest BCUT2D eigenvalue weighted by molar-refractivity contribution is 5.77. The zero-order valence-electron chi connectivity index (χ0n) is 10.7. The van der Waals surface area contributed by atoms with Crippen molar-refractivity contribution in [1.82, 2.24) is 5.32 Å². The first-order chi connectivity index (χ1) is 8.10. The maximum Gasteiger partial charge on any atom is 0.246 e. The van der Waals surface area contributed by atoms with Gasteiger partial charge < -0.3 is 20.0 Å². The molecule has 1 N–H and O–H groups in total. The number of carboxylic acids is 1. The minimum absolute atomic E-state index is 0.224. The molecule has 1 amide bonds. The molecule has 0 aliphatic carbocycles. The van der Waals surface area contributed by atoms with Crippen molar-refractivity contribution in [2.75, 3.05) is 19.8 Å². The van der Waals surface area contributed by atoms with Crippen LogP contribution >= 0.6 is 0 Å². The molecule has 0 fully saturated rings. The van der Waals surface area contributed by atoms with Crippen LogP contribution in [0.2, 0.25) is 0 Å². The van der Waals surface area contributed by atoms with Crippen LogP contribution in [0.4, 0.5) is 0 Å². The highest BCUT2D eigenvalue weighted by Crippen LogP contribution is 2.10. The zero-order chi connectivity index (χ0) is 13.1. The van der Waals surface area contributed by atoms with E-state index in [1.54, 1.807) is 0 Å². The Morgan fingerprint density at radius 3 is 2.53 bits per heavy atom. The molecule has 0 rings (SSSR count). The number of nitrogens with one attached hydrogen (secondary N) is 1. The van der Waals surface area contributed by atoms with Crippen molar-refractivity contribution >= 4 is 11.9 Å². The molecule has 0 heterocycles. The number of unbranched alkanes of at least 4 members (excludes halogenated alkanes) is 1. The molecule has 0 aliphatic heterocycles. The Labute approximate surface area is 103 Å². The zero-order valence-corrected chi connectivity index (χ0v) is 10.7. The van der Waals surface area contributed by atoms with Crippen LogP contribution in [0.5, 0.6) is 0 Å². The first-order valence-corrected chi connectivity index (χ1v) is 6.14. The molecule has 5 heteroatoms. The summed E-state index contributed by atoms with van der Waals surface area (Å²) in [4.78, 5) is 21.3. The summed E-state index contributed by atoms with van der Waals surface area (Å²) in [5, 5.41) is 12.8. The van der Waals surface area contributed by atoms with Gasteiger partial charge in [-0.2, -0.15) is 0 Å². The van der Waals surface area contributed by atoms with Crippen molar-refractivity contribution in [3.8, 4) is 0 Å². The van der Waals surface area contributed by atoms with Gasteiger partial charge in [0.2, 0.25) is 5.91 Å². The van der Waals surface area contributed by atoms with Gasteiger partial charge in [0.1, 0.15) is 6.61 Å². The standard InChI is InChI=1S/C12H23NO4/c1-3-5-6-10(4-2)7-13-11(14)8-17-9-12(15)16/h10H,3-9H2,1-2H3,(H,13,14)(H,15,16)/p-1/t10-/m1/s1. The van der Waals surface area contributed by atoms with Crippen LogP contribution in [0.15, 0.2) is 0 Å². The molecule has 0 spiro atoms. The van der Waals surface area contributed by atoms with Crippen molar-refractivity contribution in [1.29, 1.82) is 0 Å². The lowest BCUT2D eigenvalue weighted by molar-refractivity contribution is -0.309. The molecular formula is C12H22NO4-. The van der Waals surface area contributed by atoms with E-state index >= 15 is 0 Å². The average molecular weight is 244 g/mol. The van der Waals surface area contributed by atoms with Crippen LogP contribution in [0, 0.1) is 5.92 Å². The summed E-state index contributed by atoms with van der Waals surface area (Å²) >= 11 is 0. The topological polar surface area (TPSA) is 78.5 Å². The summed E-state index contributed by atoms with van der Waals surface area (Å²) < 4.78 is 4.63. The molecule has 0 aromatic rings. The minimum atomic E-state index is -1.31. The fraction of sp³-hybridized carbons (Fsp3) is 0.833. The molecule has 0 saturated carbocycles. The second kappa shape index (κ2) is 10.1. The van der Waals surface area contributed by atoms with Crippen LogP contribution in [0.1, 0.15) is 39.5 Å². The van der Waals surface area contributed by atoms with E-state index in [4.69, 9.17) is 0 Å². The van der Waals surface area contributed by atoms with E-state index in [0.29, 0.717) is 12.5 Å². The average Bonchev–Trinajstić information content (AvgIpc) is 2.29. The van der Waals surface area contributed by atoms with Crippen LogP contribution in [0.3, 0.4) is 0 Å². The van der Waals surface area contributed by atoms with E-state index in [0.717, 1.165) is 25.7 Å². The molecule has 0 radical (unpaired) electrons. The maximum absolute atomic E-state index is 11.3. The minimum Gasteiger partial charge on any atom is -0.548 e. The van der Waals surface area contributed by atoms with E-state index in [9.17, 15) is 14.7 Å². The highest BCUT2D eigenvalue weighted by Gasteiger charge is 2.08. The predicted octanol–water partition coefficient (Wildman–Crippen LogP) is 0.0855. The Kier molecular flexibility index (Phi) is 9.43. The third kappa shape index (κ3) is 9.81. The van der Waals surface area contributed by atoms with Gasteiger partial charge in [0.15, 0.2) is 0 Å². The predicted molar refractivity (Wildman–Crippen MR) is 62.1 cm³/mol. The lowest BCUT2D eigenvalue weighted by Gasteiger charge is -2.15. The third-order valence-electron chi connectivity index (χ3n) is 2.58. The Hall–Kier alpha value is -1.10. The number of aliphatic carboxylic acids is 1. The summed E-state index contributed by atoms with van der Waals surface area (Å²) in [5.74, 6) is -1.10. The van der Waals surface area contributed by atoms with Crippen LogP contribution in [0.25, 0.3) is 0 Å². The number of rotatable bonds is 10. The fourth-order valence-electron chi connectivity index (χ4n) is 1.48. The molecule has 1 atom stereocenters. The lowest BCUT2D eigenvalue weighted by Crippen LogP contribution is -2.34. The summed E-state index contributed by atoms with van der Waals surface area (Å²) in [7, 11) is 0. The molecule has 0 unspecified atom stereocenters. The molecule has 17 heavy (non-hydrogen) atoms. The quantitative estimate of drug-likeness (QED) is 0.590. The van der Waals surface area contributed by atoms with Crippen molar-refractivity contribution in [3.63, 3.8) is 0 Å². The normalized spacial score (nSPS) is 12.1. The van der Waals surface area contributed by atoms with Gasteiger partial charge >= 0.3 is 0 Å². The number of carbonyl (C=O) groups excluding carboxylic acids is 2. The first-order valence-electron chi connectivity index (χ1n) is 6.14. The van der Waals surface area contributed by atoms with Gasteiger partial charge in [-0.1, -0.05) is 33.1 Å². The summed E-state index contributed by atoms with van der Waals surface area (Å²) in [6, 6.07) is 0. The number of hydrogen-bond donors (Lipinski definition) is 1. The Morgan fingerprint density at radius 1 is 1.29 bits per heavy atom. The molecule has 0 aliphatic rings. The van der Waals surface area contributed by atoms with Gasteiger partial charge in [0.05, 0.1) is 12.6 Å². The molecule has 0 aromatic heterocycles. The number of carbonyl (C=O) groups is 2. The Bertz CT molecular complexity index is 231. The van der Waals surface area contributed by atoms with Crippen LogP contribution in [-0.2, 0) is 14.3 Å². The summed E-state index contributed by atoms with van der Waals surface area (Å²) in [6.45, 7) is 4.10. The SMILES string of the molecule is CCCC[C@@H](CC)CNC(=O)COCC(=O)[O-]. The fourth-order valence-corrected chi connectivity index (χ4v) is 1.48. The number of hydrogen-bond acceptors (Lipinski definition) is 4. The van der Waals surface area contributed by atoms with Crippen molar-refractivity contribution in [3.05, 3.63) is 0 Å². The second-order valence-electron chi connectivity index (χ2n) is 4.09. The van der Waals surface area contributed by atoms with E-state index < -0.39 is 12.6 Å². The van der Waals surface area contributed by atoms with Gasteiger partial charge in [-0.25, -0.2) is 0 Å².